The van der Waals surface area contributed by atoms with Crippen LogP contribution in [0.3, 0.4) is 0 Å². The monoisotopic (exact) mass is 536 g/mol. The van der Waals surface area contributed by atoms with Crippen molar-refractivity contribution in [3.63, 3.8) is 0 Å². The number of hydrogen-bond donors (Lipinski definition) is 0. The second-order valence-corrected chi connectivity index (χ2v) is 10.7. The van der Waals surface area contributed by atoms with Crippen molar-refractivity contribution in [3.8, 4) is 22.8 Å². The number of nitrogens with zero attached hydrogens (tertiary/aromatic N) is 4. The van der Waals surface area contributed by atoms with E-state index in [0.29, 0.717) is 0 Å². The van der Waals surface area contributed by atoms with Crippen molar-refractivity contribution >= 4 is 54.4 Å². The first-order chi connectivity index (χ1) is 20.9. The number of aromatic nitrogens is 4. The quantitative estimate of drug-likeness (QED) is 0.211. The maximum absolute atomic E-state index is 5.31. The van der Waals surface area contributed by atoms with E-state index in [1.165, 1.54) is 38.0 Å². The summed E-state index contributed by atoms with van der Waals surface area (Å²) in [6, 6.07) is 47.4. The second-order valence-electron chi connectivity index (χ2n) is 10.7. The van der Waals surface area contributed by atoms with E-state index in [1.54, 1.807) is 0 Å². The molecule has 0 aliphatic rings. The summed E-state index contributed by atoms with van der Waals surface area (Å²) in [5, 5.41) is 7.29. The molecule has 0 spiro atoms. The number of rotatable bonds is 3. The molecule has 0 unspecified atom stereocenters. The number of pyridine rings is 1. The van der Waals surface area contributed by atoms with Gasteiger partial charge in [0.2, 0.25) is 0 Å². The highest BCUT2D eigenvalue weighted by atomic mass is 15.1. The van der Waals surface area contributed by atoms with Crippen LogP contribution < -0.4 is 0 Å². The molecule has 0 saturated heterocycles. The number of benzene rings is 6. The zero-order valence-corrected chi connectivity index (χ0v) is 22.6. The molecule has 0 aliphatic heterocycles. The van der Waals surface area contributed by atoms with E-state index in [4.69, 9.17) is 4.98 Å². The maximum Gasteiger partial charge on any atom is 0.147 e. The largest absolute Gasteiger partial charge is 0.309 e. The van der Waals surface area contributed by atoms with Gasteiger partial charge >= 0.3 is 0 Å². The Morgan fingerprint density at radius 1 is 0.429 bits per heavy atom. The predicted octanol–water partition coefficient (Wildman–Crippen LogP) is 9.49. The lowest BCUT2D eigenvalue weighted by molar-refractivity contribution is 1.09. The average Bonchev–Trinajstić information content (AvgIpc) is 3.63. The molecular weight excluding hydrogens is 512 g/mol. The van der Waals surface area contributed by atoms with Gasteiger partial charge in [0, 0.05) is 50.9 Å². The van der Waals surface area contributed by atoms with Crippen molar-refractivity contribution in [2.75, 3.05) is 0 Å². The lowest BCUT2D eigenvalue weighted by Gasteiger charge is -2.14. The fourth-order valence-electron chi connectivity index (χ4n) is 6.60. The van der Waals surface area contributed by atoms with Gasteiger partial charge in [0.25, 0.3) is 0 Å². The van der Waals surface area contributed by atoms with E-state index in [1.807, 2.05) is 18.5 Å². The molecule has 3 heterocycles. The van der Waals surface area contributed by atoms with E-state index in [9.17, 15) is 0 Å². The molecule has 0 aliphatic carbocycles. The second kappa shape index (κ2) is 8.88. The molecule has 4 nitrogen and oxygen atoms in total. The van der Waals surface area contributed by atoms with Crippen LogP contribution in [0.4, 0.5) is 0 Å². The molecule has 0 radical (unpaired) electrons. The summed E-state index contributed by atoms with van der Waals surface area (Å²) in [7, 11) is 0. The van der Waals surface area contributed by atoms with Gasteiger partial charge in [-0.25, -0.2) is 4.98 Å². The summed E-state index contributed by atoms with van der Waals surface area (Å²) in [6.45, 7) is 0. The fourth-order valence-corrected chi connectivity index (χ4v) is 6.60. The van der Waals surface area contributed by atoms with E-state index in [0.717, 1.165) is 39.2 Å². The van der Waals surface area contributed by atoms with Gasteiger partial charge in [-0.15, -0.1) is 0 Å². The third-order valence-electron chi connectivity index (χ3n) is 8.40. The highest BCUT2D eigenvalue weighted by molar-refractivity contribution is 6.24. The summed E-state index contributed by atoms with van der Waals surface area (Å²) in [5.41, 5.74) is 7.66. The molecule has 0 N–H and O–H groups in total. The summed E-state index contributed by atoms with van der Waals surface area (Å²) >= 11 is 0. The zero-order chi connectivity index (χ0) is 27.6. The number of fused-ring (bicyclic) bond motifs is 9. The normalized spacial score (nSPS) is 11.8. The third kappa shape index (κ3) is 3.23. The molecule has 4 heteroatoms. The predicted molar refractivity (Wildman–Crippen MR) is 174 cm³/mol. The molecule has 0 atom stereocenters. The Morgan fingerprint density at radius 2 is 0.952 bits per heavy atom. The van der Waals surface area contributed by atoms with Gasteiger partial charge in [0.05, 0.1) is 22.1 Å². The smallest absolute Gasteiger partial charge is 0.147 e. The molecule has 0 bridgehead atoms. The Hall–Kier alpha value is -5.74. The highest BCUT2D eigenvalue weighted by Gasteiger charge is 2.20. The standard InChI is InChI=1S/C38H24N4/c1-3-15-32-28(11-1)29-12-2-4-16-33(29)37-36(32)40-38(25-10-9-23-39-24-25)42(37)27-21-19-26(20-22-27)41-34-17-7-5-13-30(34)31-14-6-8-18-35(31)41/h1-24H. The molecule has 9 aromatic rings. The van der Waals surface area contributed by atoms with Crippen LogP contribution in [0, 0.1) is 0 Å². The van der Waals surface area contributed by atoms with Crippen LogP contribution in [0.1, 0.15) is 0 Å². The molecule has 0 fully saturated rings. The molecule has 42 heavy (non-hydrogen) atoms. The Kier molecular flexibility index (Phi) is 4.87. The summed E-state index contributed by atoms with van der Waals surface area (Å²) in [6.07, 6.45) is 3.70. The van der Waals surface area contributed by atoms with Crippen LogP contribution >= 0.6 is 0 Å². The first-order valence-electron chi connectivity index (χ1n) is 14.2. The van der Waals surface area contributed by atoms with Crippen LogP contribution in [0.25, 0.3) is 77.1 Å². The maximum atomic E-state index is 5.31. The fraction of sp³-hybridized carbons (Fsp3) is 0. The van der Waals surface area contributed by atoms with Crippen molar-refractivity contribution in [2.24, 2.45) is 0 Å². The van der Waals surface area contributed by atoms with Crippen molar-refractivity contribution in [3.05, 3.63) is 146 Å². The van der Waals surface area contributed by atoms with Crippen LogP contribution in [-0.2, 0) is 0 Å². The number of imidazole rings is 1. The van der Waals surface area contributed by atoms with Crippen molar-refractivity contribution in [2.45, 2.75) is 0 Å². The molecule has 6 aromatic carbocycles. The molecular formula is C38H24N4. The molecule has 0 amide bonds. The van der Waals surface area contributed by atoms with Gasteiger partial charge in [0.15, 0.2) is 0 Å². The van der Waals surface area contributed by atoms with Gasteiger partial charge in [-0.05, 0) is 59.3 Å². The number of hydrogen-bond acceptors (Lipinski definition) is 2. The van der Waals surface area contributed by atoms with E-state index in [-0.39, 0.29) is 0 Å². The molecule has 3 aromatic heterocycles. The Labute approximate surface area is 241 Å². The minimum atomic E-state index is 0.879. The SMILES string of the molecule is c1cncc(-c2nc3c4ccccc4c4ccccc4c3n2-c2ccc(-n3c4ccccc4c4ccccc43)cc2)c1. The van der Waals surface area contributed by atoms with Gasteiger partial charge in [-0.2, -0.15) is 0 Å². The van der Waals surface area contributed by atoms with Crippen molar-refractivity contribution in [1.29, 1.82) is 0 Å². The average molecular weight is 537 g/mol. The van der Waals surface area contributed by atoms with Crippen molar-refractivity contribution < 1.29 is 0 Å². The zero-order valence-electron chi connectivity index (χ0n) is 22.6. The Balaban J connectivity index is 1.35. The van der Waals surface area contributed by atoms with E-state index in [2.05, 4.69) is 142 Å². The van der Waals surface area contributed by atoms with E-state index < -0.39 is 0 Å². The number of para-hydroxylation sites is 2. The van der Waals surface area contributed by atoms with Crippen LogP contribution in [0.15, 0.2) is 146 Å². The minimum Gasteiger partial charge on any atom is -0.309 e. The van der Waals surface area contributed by atoms with Gasteiger partial charge in [0.1, 0.15) is 5.82 Å². The molecule has 196 valence electrons. The first-order valence-corrected chi connectivity index (χ1v) is 14.2. The van der Waals surface area contributed by atoms with Gasteiger partial charge in [-0.1, -0.05) is 84.9 Å². The minimum absolute atomic E-state index is 0.879. The summed E-state index contributed by atoms with van der Waals surface area (Å²) < 4.78 is 4.65. The van der Waals surface area contributed by atoms with Crippen molar-refractivity contribution in [1.82, 2.24) is 19.1 Å². The van der Waals surface area contributed by atoms with Crippen LogP contribution in [0.5, 0.6) is 0 Å². The lowest BCUT2D eigenvalue weighted by atomic mass is 10.00. The first kappa shape index (κ1) is 23.0. The third-order valence-corrected chi connectivity index (χ3v) is 8.40. The Bertz CT molecular complexity index is 2400. The Morgan fingerprint density at radius 3 is 1.57 bits per heavy atom. The lowest BCUT2D eigenvalue weighted by Crippen LogP contribution is -2.00. The highest BCUT2D eigenvalue weighted by Crippen LogP contribution is 2.39. The van der Waals surface area contributed by atoms with Gasteiger partial charge < -0.3 is 4.57 Å². The summed E-state index contributed by atoms with van der Waals surface area (Å²) in [5.74, 6) is 0.879. The molecule has 9 rings (SSSR count). The van der Waals surface area contributed by atoms with Crippen LogP contribution in [-0.4, -0.2) is 19.1 Å². The topological polar surface area (TPSA) is 35.6 Å². The van der Waals surface area contributed by atoms with Gasteiger partial charge in [-0.3, -0.25) is 9.55 Å². The van der Waals surface area contributed by atoms with E-state index >= 15 is 0 Å². The van der Waals surface area contributed by atoms with Crippen LogP contribution in [0.2, 0.25) is 0 Å². The molecule has 0 saturated carbocycles. The summed E-state index contributed by atoms with van der Waals surface area (Å²) in [4.78, 5) is 9.75.